The van der Waals surface area contributed by atoms with Crippen LogP contribution in [0.1, 0.15) is 5.56 Å². The van der Waals surface area contributed by atoms with E-state index in [1.807, 2.05) is 18.2 Å². The molecule has 158 valence electrons. The average Bonchev–Trinajstić information content (AvgIpc) is 3.44. The van der Waals surface area contributed by atoms with Gasteiger partial charge in [-0.2, -0.15) is 5.26 Å². The van der Waals surface area contributed by atoms with Crippen molar-refractivity contribution >= 4 is 43.7 Å². The lowest BCUT2D eigenvalue weighted by Crippen LogP contribution is -1.95. The molecule has 0 aliphatic heterocycles. The molecule has 7 aromatic rings. The van der Waals surface area contributed by atoms with E-state index in [0.717, 1.165) is 49.8 Å². The molecule has 0 saturated carbocycles. The minimum absolute atomic E-state index is 0.548. The highest BCUT2D eigenvalue weighted by Crippen LogP contribution is 2.41. The van der Waals surface area contributed by atoms with Crippen LogP contribution >= 0.6 is 0 Å². The summed E-state index contributed by atoms with van der Waals surface area (Å²) in [5, 5.41) is 13.9. The number of para-hydroxylation sites is 2. The highest BCUT2D eigenvalue weighted by molar-refractivity contribution is 6.24. The number of fused-ring (bicyclic) bond motifs is 7. The van der Waals surface area contributed by atoms with Gasteiger partial charge in [-0.1, -0.05) is 48.5 Å². The lowest BCUT2D eigenvalue weighted by atomic mass is 10.1. The topological polar surface area (TPSA) is 54.8 Å². The van der Waals surface area contributed by atoms with Crippen LogP contribution in [-0.4, -0.2) is 9.55 Å². The summed E-state index contributed by atoms with van der Waals surface area (Å²) in [6.07, 6.45) is 3.38. The van der Waals surface area contributed by atoms with Gasteiger partial charge in [0.05, 0.1) is 22.0 Å². The van der Waals surface area contributed by atoms with Crippen molar-refractivity contribution in [1.29, 1.82) is 5.26 Å². The summed E-state index contributed by atoms with van der Waals surface area (Å²) in [7, 11) is 0. The molecule has 0 aliphatic carbocycles. The molecule has 4 heteroatoms. The van der Waals surface area contributed by atoms with E-state index >= 15 is 0 Å². The van der Waals surface area contributed by atoms with Crippen LogP contribution < -0.4 is 0 Å². The van der Waals surface area contributed by atoms with E-state index in [-0.39, 0.29) is 0 Å². The van der Waals surface area contributed by atoms with Crippen LogP contribution in [0, 0.1) is 11.3 Å². The summed E-state index contributed by atoms with van der Waals surface area (Å²) in [6, 6.07) is 33.4. The van der Waals surface area contributed by atoms with E-state index in [2.05, 4.69) is 88.4 Å². The minimum atomic E-state index is 0.548. The van der Waals surface area contributed by atoms with Gasteiger partial charge in [-0.05, 0) is 48.0 Å². The molecule has 0 N–H and O–H groups in total. The Hall–Kier alpha value is -4.88. The maximum atomic E-state index is 9.31. The second-order valence-electron chi connectivity index (χ2n) is 8.41. The van der Waals surface area contributed by atoms with Gasteiger partial charge in [0, 0.05) is 39.8 Å². The minimum Gasteiger partial charge on any atom is -0.456 e. The number of nitriles is 1. The average molecular weight is 435 g/mol. The molecule has 0 fully saturated rings. The van der Waals surface area contributed by atoms with E-state index in [1.165, 1.54) is 10.8 Å². The number of aromatic nitrogens is 2. The Balaban J connectivity index is 1.61. The van der Waals surface area contributed by atoms with Crippen molar-refractivity contribution < 1.29 is 4.42 Å². The number of pyridine rings is 1. The molecule has 0 saturated heterocycles. The molecule has 0 spiro atoms. The Labute approximate surface area is 194 Å². The number of hydrogen-bond donors (Lipinski definition) is 0. The molecule has 0 radical (unpaired) electrons. The fraction of sp³-hybridized carbons (Fsp3) is 0. The first kappa shape index (κ1) is 18.7. The van der Waals surface area contributed by atoms with Gasteiger partial charge in [-0.3, -0.25) is 4.98 Å². The van der Waals surface area contributed by atoms with Crippen molar-refractivity contribution in [3.63, 3.8) is 0 Å². The fourth-order valence-corrected chi connectivity index (χ4v) is 5.02. The Morgan fingerprint density at radius 3 is 2.47 bits per heavy atom. The lowest BCUT2D eigenvalue weighted by Gasteiger charge is -2.11. The van der Waals surface area contributed by atoms with Crippen molar-refractivity contribution in [2.24, 2.45) is 0 Å². The molecule has 4 aromatic carbocycles. The van der Waals surface area contributed by atoms with Crippen LogP contribution in [0.15, 0.2) is 108 Å². The van der Waals surface area contributed by atoms with E-state index in [1.54, 1.807) is 12.4 Å². The summed E-state index contributed by atoms with van der Waals surface area (Å²) < 4.78 is 8.53. The molecule has 7 rings (SSSR count). The zero-order valence-corrected chi connectivity index (χ0v) is 18.1. The predicted molar refractivity (Wildman–Crippen MR) is 136 cm³/mol. The standard InChI is InChI=1S/C30H17N3O/c31-16-19-14-21(18-32-17-19)20-6-5-7-22(15-20)33-26-10-3-1-8-23(26)24-12-13-28-29(30(24)33)25-9-2-4-11-27(25)34-28/h1-15,17-18H. The Morgan fingerprint density at radius 2 is 1.56 bits per heavy atom. The number of nitrogens with zero attached hydrogens (tertiary/aromatic N) is 3. The van der Waals surface area contributed by atoms with Crippen molar-refractivity contribution in [2.75, 3.05) is 0 Å². The van der Waals surface area contributed by atoms with Crippen LogP contribution in [0.25, 0.3) is 60.6 Å². The van der Waals surface area contributed by atoms with Crippen molar-refractivity contribution in [2.45, 2.75) is 0 Å². The van der Waals surface area contributed by atoms with Crippen LogP contribution in [0.3, 0.4) is 0 Å². The molecule has 3 heterocycles. The number of furan rings is 1. The Bertz CT molecular complexity index is 1930. The van der Waals surface area contributed by atoms with E-state index in [9.17, 15) is 5.26 Å². The van der Waals surface area contributed by atoms with Gasteiger partial charge >= 0.3 is 0 Å². The molecule has 0 unspecified atom stereocenters. The Morgan fingerprint density at radius 1 is 0.706 bits per heavy atom. The van der Waals surface area contributed by atoms with Crippen LogP contribution in [0.4, 0.5) is 0 Å². The molecule has 0 aliphatic rings. The smallest absolute Gasteiger partial charge is 0.137 e. The predicted octanol–water partition coefficient (Wildman–Crippen LogP) is 7.62. The first-order chi connectivity index (χ1) is 16.8. The maximum Gasteiger partial charge on any atom is 0.137 e. The third kappa shape index (κ3) is 2.61. The number of rotatable bonds is 2. The van der Waals surface area contributed by atoms with Crippen molar-refractivity contribution in [1.82, 2.24) is 9.55 Å². The molecule has 0 bridgehead atoms. The first-order valence-corrected chi connectivity index (χ1v) is 11.1. The van der Waals surface area contributed by atoms with Gasteiger partial charge in [0.1, 0.15) is 17.2 Å². The molecule has 0 amide bonds. The van der Waals surface area contributed by atoms with Gasteiger partial charge in [0.2, 0.25) is 0 Å². The number of hydrogen-bond acceptors (Lipinski definition) is 3. The quantitative estimate of drug-likeness (QED) is 0.281. The zero-order chi connectivity index (χ0) is 22.6. The highest BCUT2D eigenvalue weighted by atomic mass is 16.3. The third-order valence-corrected chi connectivity index (χ3v) is 6.48. The molecule has 4 nitrogen and oxygen atoms in total. The highest BCUT2D eigenvalue weighted by Gasteiger charge is 2.18. The summed E-state index contributed by atoms with van der Waals surface area (Å²) in [6.45, 7) is 0. The van der Waals surface area contributed by atoms with Crippen molar-refractivity contribution in [3.05, 3.63) is 109 Å². The molecule has 3 aromatic heterocycles. The molecular formula is C30H17N3O. The number of benzene rings is 4. The van der Waals surface area contributed by atoms with E-state index < -0.39 is 0 Å². The van der Waals surface area contributed by atoms with Crippen molar-refractivity contribution in [3.8, 4) is 22.9 Å². The summed E-state index contributed by atoms with van der Waals surface area (Å²) >= 11 is 0. The molecule has 34 heavy (non-hydrogen) atoms. The van der Waals surface area contributed by atoms with Crippen LogP contribution in [0.5, 0.6) is 0 Å². The summed E-state index contributed by atoms with van der Waals surface area (Å²) in [4.78, 5) is 4.25. The van der Waals surface area contributed by atoms with Crippen LogP contribution in [-0.2, 0) is 0 Å². The molecule has 0 atom stereocenters. The lowest BCUT2D eigenvalue weighted by molar-refractivity contribution is 0.669. The molecular weight excluding hydrogens is 418 g/mol. The van der Waals surface area contributed by atoms with Gasteiger partial charge < -0.3 is 8.98 Å². The monoisotopic (exact) mass is 435 g/mol. The van der Waals surface area contributed by atoms with E-state index in [4.69, 9.17) is 4.42 Å². The second kappa shape index (κ2) is 7.06. The van der Waals surface area contributed by atoms with Gasteiger partial charge in [0.25, 0.3) is 0 Å². The zero-order valence-electron chi connectivity index (χ0n) is 18.1. The first-order valence-electron chi connectivity index (χ1n) is 11.1. The SMILES string of the molecule is N#Cc1cncc(-c2cccc(-n3c4ccccc4c4ccc5oc6ccccc6c5c43)c2)c1. The third-order valence-electron chi connectivity index (χ3n) is 6.48. The van der Waals surface area contributed by atoms with Gasteiger partial charge in [-0.15, -0.1) is 0 Å². The maximum absolute atomic E-state index is 9.31. The second-order valence-corrected chi connectivity index (χ2v) is 8.41. The van der Waals surface area contributed by atoms with E-state index in [0.29, 0.717) is 5.56 Å². The Kier molecular flexibility index (Phi) is 3.88. The fourth-order valence-electron chi connectivity index (χ4n) is 5.02. The summed E-state index contributed by atoms with van der Waals surface area (Å²) in [5.74, 6) is 0. The summed E-state index contributed by atoms with van der Waals surface area (Å²) in [5.41, 5.74) is 7.55. The largest absolute Gasteiger partial charge is 0.456 e. The normalized spacial score (nSPS) is 11.5. The van der Waals surface area contributed by atoms with Gasteiger partial charge in [-0.25, -0.2) is 0 Å². The van der Waals surface area contributed by atoms with Crippen LogP contribution in [0.2, 0.25) is 0 Å². The van der Waals surface area contributed by atoms with Gasteiger partial charge in [0.15, 0.2) is 0 Å².